The summed E-state index contributed by atoms with van der Waals surface area (Å²) in [4.78, 5) is 5.38. The van der Waals surface area contributed by atoms with Crippen LogP contribution in [0.1, 0.15) is 50.1 Å². The van der Waals surface area contributed by atoms with Gasteiger partial charge in [0.05, 0.1) is 0 Å². The van der Waals surface area contributed by atoms with Crippen molar-refractivity contribution in [1.29, 1.82) is 0 Å². The third-order valence-electron chi connectivity index (χ3n) is 8.71. The molecule has 0 saturated heterocycles. The molecular formula is C31H32NOP. The van der Waals surface area contributed by atoms with Crippen molar-refractivity contribution >= 4 is 29.7 Å². The van der Waals surface area contributed by atoms with Crippen LogP contribution in [0, 0.1) is 23.2 Å². The van der Waals surface area contributed by atoms with Gasteiger partial charge in [-0.25, -0.2) is 4.99 Å². The fourth-order valence-electron chi connectivity index (χ4n) is 7.75. The summed E-state index contributed by atoms with van der Waals surface area (Å²) in [6.07, 6.45) is 8.30. The third-order valence-corrected chi connectivity index (χ3v) is 11.2. The van der Waals surface area contributed by atoms with Gasteiger partial charge in [-0.05, 0) is 85.7 Å². The molecule has 1 heterocycles. The molecule has 4 saturated carbocycles. The second kappa shape index (κ2) is 8.35. The van der Waals surface area contributed by atoms with Crippen molar-refractivity contribution in [3.05, 3.63) is 90.5 Å². The molecular weight excluding hydrogens is 433 g/mol. The zero-order chi connectivity index (χ0) is 22.5. The first-order valence-corrected chi connectivity index (χ1v) is 14.3. The summed E-state index contributed by atoms with van der Waals surface area (Å²) in [7, 11) is -0.649. The molecule has 4 fully saturated rings. The van der Waals surface area contributed by atoms with Crippen LogP contribution in [0.5, 0.6) is 0 Å². The Morgan fingerprint density at radius 1 is 0.676 bits per heavy atom. The van der Waals surface area contributed by atoms with E-state index in [0.717, 1.165) is 23.7 Å². The Morgan fingerprint density at radius 2 is 1.21 bits per heavy atom. The maximum absolute atomic E-state index is 6.51. The highest BCUT2D eigenvalue weighted by Gasteiger charge is 2.55. The lowest BCUT2D eigenvalue weighted by Gasteiger charge is -2.56. The van der Waals surface area contributed by atoms with E-state index in [0.29, 0.717) is 6.61 Å². The Labute approximate surface area is 204 Å². The molecule has 0 unspecified atom stereocenters. The zero-order valence-electron chi connectivity index (χ0n) is 19.6. The molecule has 2 nitrogen and oxygen atoms in total. The smallest absolute Gasteiger partial charge is 0.190 e. The van der Waals surface area contributed by atoms with E-state index < -0.39 is 7.92 Å². The summed E-state index contributed by atoms with van der Waals surface area (Å²) < 4.78 is 6.51. The summed E-state index contributed by atoms with van der Waals surface area (Å²) in [5.74, 6) is 3.84. The average Bonchev–Trinajstić information content (AvgIpc) is 3.37. The molecule has 8 rings (SSSR count). The number of rotatable bonds is 5. The van der Waals surface area contributed by atoms with Gasteiger partial charge in [0, 0.05) is 5.41 Å². The standard InChI is InChI=1S/C31H32NOP/c1-3-9-25(10-4-1)34(26-11-5-2-6-12-26)29-14-8-7-13-27(29)28-21-33-30(32-28)31-18-22-15-23(19-31)17-24(16-22)20-31/h1-14,22-24,28H,15-21H2/t22?,23?,24?,28-,31?/m1/s1. The first-order valence-electron chi connectivity index (χ1n) is 13.0. The molecule has 0 N–H and O–H groups in total. The van der Waals surface area contributed by atoms with Crippen LogP contribution in [-0.2, 0) is 4.74 Å². The maximum atomic E-state index is 6.51. The Hall–Kier alpha value is -2.44. The molecule has 172 valence electrons. The number of hydrogen-bond donors (Lipinski definition) is 0. The van der Waals surface area contributed by atoms with Crippen molar-refractivity contribution in [2.24, 2.45) is 28.2 Å². The van der Waals surface area contributed by atoms with Gasteiger partial charge in [0.15, 0.2) is 5.90 Å². The van der Waals surface area contributed by atoms with Gasteiger partial charge < -0.3 is 4.74 Å². The number of ether oxygens (including phenoxy) is 1. The lowest BCUT2D eigenvalue weighted by Crippen LogP contribution is -2.50. The maximum Gasteiger partial charge on any atom is 0.190 e. The summed E-state index contributed by atoms with van der Waals surface area (Å²) in [6, 6.07) is 31.1. The SMILES string of the molecule is c1ccc(P(c2ccccc2)c2ccccc2[C@H]2COC(C34CC5CC(CC(C5)C3)C4)=N2)cc1. The van der Waals surface area contributed by atoms with E-state index in [1.807, 2.05) is 0 Å². The van der Waals surface area contributed by atoms with Crippen LogP contribution in [0.2, 0.25) is 0 Å². The molecule has 1 atom stereocenters. The lowest BCUT2D eigenvalue weighted by molar-refractivity contribution is -0.0226. The molecule has 3 aromatic rings. The van der Waals surface area contributed by atoms with E-state index in [-0.39, 0.29) is 11.5 Å². The van der Waals surface area contributed by atoms with Crippen molar-refractivity contribution in [1.82, 2.24) is 0 Å². The summed E-state index contributed by atoms with van der Waals surface area (Å²) in [5, 5.41) is 4.19. The van der Waals surface area contributed by atoms with Crippen molar-refractivity contribution < 1.29 is 4.74 Å². The van der Waals surface area contributed by atoms with Gasteiger partial charge in [-0.2, -0.15) is 0 Å². The first-order chi connectivity index (χ1) is 16.8. The Balaban J connectivity index is 1.27. The van der Waals surface area contributed by atoms with Gasteiger partial charge in [-0.15, -0.1) is 0 Å². The molecule has 0 radical (unpaired) electrons. The van der Waals surface area contributed by atoms with Gasteiger partial charge in [0.1, 0.15) is 12.6 Å². The molecule has 0 aromatic heterocycles. The van der Waals surface area contributed by atoms with Crippen LogP contribution in [0.4, 0.5) is 0 Å². The molecule has 4 aliphatic carbocycles. The van der Waals surface area contributed by atoms with E-state index in [1.165, 1.54) is 60.0 Å². The minimum Gasteiger partial charge on any atom is -0.478 e. The second-order valence-corrected chi connectivity index (χ2v) is 13.2. The van der Waals surface area contributed by atoms with Crippen LogP contribution < -0.4 is 15.9 Å². The Bertz CT molecular complexity index is 1130. The van der Waals surface area contributed by atoms with Crippen molar-refractivity contribution in [2.75, 3.05) is 6.61 Å². The van der Waals surface area contributed by atoms with E-state index >= 15 is 0 Å². The number of hydrogen-bond acceptors (Lipinski definition) is 2. The average molecular weight is 466 g/mol. The number of aliphatic imine (C=N–C) groups is 1. The molecule has 34 heavy (non-hydrogen) atoms. The molecule has 3 aromatic carbocycles. The van der Waals surface area contributed by atoms with Gasteiger partial charge in [0.2, 0.25) is 0 Å². The highest BCUT2D eigenvalue weighted by molar-refractivity contribution is 7.79. The molecule has 4 bridgehead atoms. The third kappa shape index (κ3) is 3.54. The van der Waals surface area contributed by atoms with Crippen molar-refractivity contribution in [3.8, 4) is 0 Å². The van der Waals surface area contributed by atoms with Crippen LogP contribution in [0.15, 0.2) is 89.9 Å². The van der Waals surface area contributed by atoms with Crippen LogP contribution >= 0.6 is 7.92 Å². The van der Waals surface area contributed by atoms with Crippen LogP contribution in [0.25, 0.3) is 0 Å². The number of benzene rings is 3. The monoisotopic (exact) mass is 465 g/mol. The normalized spacial score (nSPS) is 31.5. The van der Waals surface area contributed by atoms with Gasteiger partial charge in [-0.3, -0.25) is 0 Å². The summed E-state index contributed by atoms with van der Waals surface area (Å²) in [6.45, 7) is 0.695. The summed E-state index contributed by atoms with van der Waals surface area (Å²) >= 11 is 0. The van der Waals surface area contributed by atoms with Gasteiger partial charge in [-0.1, -0.05) is 84.9 Å². The molecule has 3 heteroatoms. The summed E-state index contributed by atoms with van der Waals surface area (Å²) in [5.41, 5.74) is 1.59. The zero-order valence-corrected chi connectivity index (χ0v) is 20.5. The fourth-order valence-corrected chi connectivity index (χ4v) is 10.3. The topological polar surface area (TPSA) is 21.6 Å². The predicted molar refractivity (Wildman–Crippen MR) is 142 cm³/mol. The molecule has 5 aliphatic rings. The predicted octanol–water partition coefficient (Wildman–Crippen LogP) is 6.13. The van der Waals surface area contributed by atoms with E-state index in [4.69, 9.17) is 9.73 Å². The van der Waals surface area contributed by atoms with Crippen LogP contribution in [-0.4, -0.2) is 12.5 Å². The fraction of sp³-hybridized carbons (Fsp3) is 0.387. The molecule has 0 amide bonds. The quantitative estimate of drug-likeness (QED) is 0.415. The first kappa shape index (κ1) is 20.9. The van der Waals surface area contributed by atoms with E-state index in [9.17, 15) is 0 Å². The van der Waals surface area contributed by atoms with Crippen molar-refractivity contribution in [3.63, 3.8) is 0 Å². The van der Waals surface area contributed by atoms with E-state index in [2.05, 4.69) is 84.9 Å². The highest BCUT2D eigenvalue weighted by Crippen LogP contribution is 2.61. The Morgan fingerprint density at radius 3 is 1.79 bits per heavy atom. The largest absolute Gasteiger partial charge is 0.478 e. The minimum absolute atomic E-state index is 0.108. The van der Waals surface area contributed by atoms with Crippen LogP contribution in [0.3, 0.4) is 0 Å². The van der Waals surface area contributed by atoms with Crippen molar-refractivity contribution in [2.45, 2.75) is 44.6 Å². The lowest BCUT2D eigenvalue weighted by atomic mass is 9.49. The Kier molecular flexibility index (Phi) is 5.13. The van der Waals surface area contributed by atoms with Gasteiger partial charge >= 0.3 is 0 Å². The highest BCUT2D eigenvalue weighted by atomic mass is 31.1. The second-order valence-electron chi connectivity index (χ2n) is 11.0. The van der Waals surface area contributed by atoms with E-state index in [1.54, 1.807) is 0 Å². The minimum atomic E-state index is -0.649. The number of nitrogens with zero attached hydrogens (tertiary/aromatic N) is 1. The molecule has 1 aliphatic heterocycles. The molecule has 0 spiro atoms. The van der Waals surface area contributed by atoms with Gasteiger partial charge in [0.25, 0.3) is 0 Å².